The van der Waals surface area contributed by atoms with Crippen LogP contribution in [0.25, 0.3) is 10.9 Å². The van der Waals surface area contributed by atoms with E-state index in [0.717, 1.165) is 16.7 Å². The minimum Gasteiger partial charge on any atom is -0.497 e. The monoisotopic (exact) mass is 234 g/mol. The Labute approximate surface area is 98.7 Å². The van der Waals surface area contributed by atoms with Crippen molar-refractivity contribution in [2.75, 3.05) is 20.3 Å². The zero-order valence-electron chi connectivity index (χ0n) is 9.55. The summed E-state index contributed by atoms with van der Waals surface area (Å²) in [6.45, 7) is 0.535. The molecule has 17 heavy (non-hydrogen) atoms. The van der Waals surface area contributed by atoms with Gasteiger partial charge in [-0.15, -0.1) is 0 Å². The number of nitrogens with zero attached hydrogens (tertiary/aromatic N) is 1. The normalized spacial score (nSPS) is 10.5. The third-order valence-corrected chi connectivity index (χ3v) is 2.44. The zero-order chi connectivity index (χ0) is 12.3. The molecule has 0 amide bonds. The van der Waals surface area contributed by atoms with Crippen molar-refractivity contribution in [2.45, 2.75) is 0 Å². The van der Waals surface area contributed by atoms with Gasteiger partial charge in [0.05, 0.1) is 12.6 Å². The Hall–Kier alpha value is -2.01. The Morgan fingerprint density at radius 2 is 2.24 bits per heavy atom. The summed E-state index contributed by atoms with van der Waals surface area (Å²) in [7, 11) is 1.60. The lowest BCUT2D eigenvalue weighted by Crippen LogP contribution is -2.17. The highest BCUT2D eigenvalue weighted by Gasteiger charge is 2.09. The molecule has 1 aromatic heterocycles. The van der Waals surface area contributed by atoms with E-state index in [0.29, 0.717) is 6.54 Å². The minimum absolute atomic E-state index is 0.217. The predicted octanol–water partition coefficient (Wildman–Crippen LogP) is 1.59. The predicted molar refractivity (Wildman–Crippen MR) is 64.3 cm³/mol. The van der Waals surface area contributed by atoms with E-state index in [2.05, 4.69) is 0 Å². The number of methoxy groups -OCH3 is 1. The highest BCUT2D eigenvalue weighted by atomic mass is 16.5. The fraction of sp³-hybridized carbons (Fsp3) is 0.250. The molecule has 0 aliphatic carbocycles. The van der Waals surface area contributed by atoms with Gasteiger partial charge < -0.3 is 15.2 Å². The van der Waals surface area contributed by atoms with Gasteiger partial charge in [-0.1, -0.05) is 0 Å². The number of carbonyl (C=O) groups excluding carboxylic acids is 1. The number of carbonyl (C=O) groups is 1. The van der Waals surface area contributed by atoms with Crippen LogP contribution in [0.3, 0.4) is 0 Å². The summed E-state index contributed by atoms with van der Waals surface area (Å²) in [6.07, 6.45) is 1.25. The number of rotatable bonds is 3. The Morgan fingerprint density at radius 1 is 1.41 bits per heavy atom. The maximum atomic E-state index is 11.7. The lowest BCUT2D eigenvalue weighted by Gasteiger charge is -2.05. The molecule has 0 aliphatic rings. The molecular formula is C12H14N2O3. The van der Waals surface area contributed by atoms with Crippen LogP contribution in [-0.2, 0) is 4.74 Å². The smallest absolute Gasteiger partial charge is 0.418 e. The number of fused-ring (bicyclic) bond motifs is 1. The molecule has 0 unspecified atom stereocenters. The first-order valence-corrected chi connectivity index (χ1v) is 5.28. The SMILES string of the molecule is COc1ccc2c(ccn2C(=O)OCCN)c1. The highest BCUT2D eigenvalue weighted by molar-refractivity contribution is 5.90. The van der Waals surface area contributed by atoms with Crippen LogP contribution in [0.4, 0.5) is 4.79 Å². The molecule has 2 rings (SSSR count). The van der Waals surface area contributed by atoms with Crippen molar-refractivity contribution in [1.82, 2.24) is 4.57 Å². The van der Waals surface area contributed by atoms with Crippen molar-refractivity contribution < 1.29 is 14.3 Å². The van der Waals surface area contributed by atoms with Crippen LogP contribution in [0.5, 0.6) is 5.75 Å². The van der Waals surface area contributed by atoms with Crippen molar-refractivity contribution >= 4 is 17.0 Å². The molecule has 0 atom stereocenters. The number of nitrogens with two attached hydrogens (primary N) is 1. The lowest BCUT2D eigenvalue weighted by molar-refractivity contribution is 0.152. The van der Waals surface area contributed by atoms with Crippen molar-refractivity contribution in [3.05, 3.63) is 30.5 Å². The van der Waals surface area contributed by atoms with Crippen LogP contribution in [0.1, 0.15) is 0 Å². The van der Waals surface area contributed by atoms with E-state index >= 15 is 0 Å². The lowest BCUT2D eigenvalue weighted by atomic mass is 10.2. The molecule has 5 nitrogen and oxygen atoms in total. The van der Waals surface area contributed by atoms with E-state index in [9.17, 15) is 4.79 Å². The average Bonchev–Trinajstić information content (AvgIpc) is 2.78. The van der Waals surface area contributed by atoms with Gasteiger partial charge in [0.1, 0.15) is 12.4 Å². The summed E-state index contributed by atoms with van der Waals surface area (Å²) in [6, 6.07) is 7.32. The molecule has 2 aromatic rings. The van der Waals surface area contributed by atoms with Gasteiger partial charge >= 0.3 is 6.09 Å². The van der Waals surface area contributed by atoms with Gasteiger partial charge in [-0.05, 0) is 24.3 Å². The van der Waals surface area contributed by atoms with Gasteiger partial charge in [0.2, 0.25) is 0 Å². The molecular weight excluding hydrogens is 220 g/mol. The van der Waals surface area contributed by atoms with Gasteiger partial charge in [0.25, 0.3) is 0 Å². The van der Waals surface area contributed by atoms with Crippen LogP contribution < -0.4 is 10.5 Å². The van der Waals surface area contributed by atoms with Crippen LogP contribution in [0.2, 0.25) is 0 Å². The van der Waals surface area contributed by atoms with Crippen molar-refractivity contribution in [3.63, 3.8) is 0 Å². The van der Waals surface area contributed by atoms with E-state index in [1.165, 1.54) is 4.57 Å². The van der Waals surface area contributed by atoms with Gasteiger partial charge in [0.15, 0.2) is 0 Å². The summed E-state index contributed by atoms with van der Waals surface area (Å²) < 4.78 is 11.5. The molecule has 0 aliphatic heterocycles. The maximum Gasteiger partial charge on any atom is 0.418 e. The maximum absolute atomic E-state index is 11.7. The van der Waals surface area contributed by atoms with E-state index in [1.807, 2.05) is 18.2 Å². The number of ether oxygens (including phenoxy) is 2. The Bertz CT molecular complexity index is 534. The molecule has 0 saturated heterocycles. The summed E-state index contributed by atoms with van der Waals surface area (Å²) >= 11 is 0. The third kappa shape index (κ3) is 2.24. The first-order valence-electron chi connectivity index (χ1n) is 5.28. The first kappa shape index (κ1) is 11.5. The van der Waals surface area contributed by atoms with Gasteiger partial charge in [-0.2, -0.15) is 0 Å². The van der Waals surface area contributed by atoms with Crippen LogP contribution in [-0.4, -0.2) is 30.9 Å². The zero-order valence-corrected chi connectivity index (χ0v) is 9.55. The molecule has 90 valence electrons. The average molecular weight is 234 g/mol. The number of hydrogen-bond donors (Lipinski definition) is 1. The van der Waals surface area contributed by atoms with E-state index in [1.54, 1.807) is 19.4 Å². The van der Waals surface area contributed by atoms with Crippen LogP contribution in [0.15, 0.2) is 30.5 Å². The summed E-state index contributed by atoms with van der Waals surface area (Å²) in [5, 5.41) is 0.925. The summed E-state index contributed by atoms with van der Waals surface area (Å²) in [4.78, 5) is 11.7. The Balaban J connectivity index is 2.33. The minimum atomic E-state index is -0.421. The quantitative estimate of drug-likeness (QED) is 0.875. The van der Waals surface area contributed by atoms with E-state index in [4.69, 9.17) is 15.2 Å². The van der Waals surface area contributed by atoms with E-state index in [-0.39, 0.29) is 6.61 Å². The molecule has 0 fully saturated rings. The topological polar surface area (TPSA) is 66.5 Å². The number of benzene rings is 1. The molecule has 1 heterocycles. The Morgan fingerprint density at radius 3 is 2.94 bits per heavy atom. The second-order valence-corrected chi connectivity index (χ2v) is 3.51. The molecule has 5 heteroatoms. The molecule has 0 spiro atoms. The van der Waals surface area contributed by atoms with Gasteiger partial charge in [0, 0.05) is 18.1 Å². The van der Waals surface area contributed by atoms with Gasteiger partial charge in [-0.25, -0.2) is 4.79 Å². The standard InChI is InChI=1S/C12H14N2O3/c1-16-10-2-3-11-9(8-10)4-6-14(11)12(15)17-7-5-13/h2-4,6,8H,5,7,13H2,1H3. The molecule has 2 N–H and O–H groups in total. The Kier molecular flexibility index (Phi) is 3.30. The fourth-order valence-corrected chi connectivity index (χ4v) is 1.62. The third-order valence-electron chi connectivity index (χ3n) is 2.44. The molecule has 0 saturated carbocycles. The van der Waals surface area contributed by atoms with Crippen LogP contribution in [0, 0.1) is 0 Å². The molecule has 0 radical (unpaired) electrons. The van der Waals surface area contributed by atoms with E-state index < -0.39 is 6.09 Å². The second kappa shape index (κ2) is 4.88. The molecule has 0 bridgehead atoms. The van der Waals surface area contributed by atoms with Crippen LogP contribution >= 0.6 is 0 Å². The summed E-state index contributed by atoms with van der Waals surface area (Å²) in [5.41, 5.74) is 6.06. The molecule has 1 aromatic carbocycles. The van der Waals surface area contributed by atoms with Crippen molar-refractivity contribution in [2.24, 2.45) is 5.73 Å². The highest BCUT2D eigenvalue weighted by Crippen LogP contribution is 2.21. The first-order chi connectivity index (χ1) is 8.26. The number of hydrogen-bond acceptors (Lipinski definition) is 4. The number of aromatic nitrogens is 1. The summed E-state index contributed by atoms with van der Waals surface area (Å²) in [5.74, 6) is 0.755. The largest absolute Gasteiger partial charge is 0.497 e. The second-order valence-electron chi connectivity index (χ2n) is 3.51. The fourth-order valence-electron chi connectivity index (χ4n) is 1.62. The van der Waals surface area contributed by atoms with Crippen molar-refractivity contribution in [1.29, 1.82) is 0 Å². The van der Waals surface area contributed by atoms with Crippen molar-refractivity contribution in [3.8, 4) is 5.75 Å². The van der Waals surface area contributed by atoms with Gasteiger partial charge in [-0.3, -0.25) is 4.57 Å².